The number of anilines is 1. The van der Waals surface area contributed by atoms with E-state index >= 15 is 0 Å². The summed E-state index contributed by atoms with van der Waals surface area (Å²) >= 11 is 0. The van der Waals surface area contributed by atoms with Crippen LogP contribution >= 0.6 is 0 Å². The first-order valence-electron chi connectivity index (χ1n) is 6.46. The molecular formula is C14H22N2O2. The summed E-state index contributed by atoms with van der Waals surface area (Å²) in [6.45, 7) is 8.37. The van der Waals surface area contributed by atoms with E-state index in [1.165, 1.54) is 5.56 Å². The molecule has 1 aliphatic rings. The maximum absolute atomic E-state index is 5.78. The smallest absolute Gasteiger partial charge is 0.231 e. The van der Waals surface area contributed by atoms with Crippen molar-refractivity contribution in [3.8, 4) is 11.5 Å². The Balaban J connectivity index is 2.05. The SMILES string of the molecule is Cc1cc2c(cc1NCC(CN)C(C)C)OCO2. The van der Waals surface area contributed by atoms with Crippen molar-refractivity contribution in [2.24, 2.45) is 17.6 Å². The molecule has 4 heteroatoms. The van der Waals surface area contributed by atoms with Gasteiger partial charge in [-0.1, -0.05) is 13.8 Å². The Morgan fingerprint density at radius 2 is 1.94 bits per heavy atom. The summed E-state index contributed by atoms with van der Waals surface area (Å²) in [5.41, 5.74) is 8.04. The fourth-order valence-corrected chi connectivity index (χ4v) is 2.07. The molecule has 1 unspecified atom stereocenters. The summed E-state index contributed by atoms with van der Waals surface area (Å²) in [4.78, 5) is 0. The van der Waals surface area contributed by atoms with Crippen LogP contribution in [0.5, 0.6) is 11.5 Å². The number of aryl methyl sites for hydroxylation is 1. The van der Waals surface area contributed by atoms with Crippen LogP contribution in [0.2, 0.25) is 0 Å². The second-order valence-electron chi connectivity index (χ2n) is 5.14. The Morgan fingerprint density at radius 1 is 1.28 bits per heavy atom. The van der Waals surface area contributed by atoms with Crippen LogP contribution in [0.3, 0.4) is 0 Å². The van der Waals surface area contributed by atoms with Crippen molar-refractivity contribution in [2.75, 3.05) is 25.2 Å². The molecule has 1 aromatic rings. The van der Waals surface area contributed by atoms with E-state index in [9.17, 15) is 0 Å². The zero-order valence-corrected chi connectivity index (χ0v) is 11.3. The van der Waals surface area contributed by atoms with Crippen molar-refractivity contribution in [2.45, 2.75) is 20.8 Å². The number of nitrogens with two attached hydrogens (primary N) is 1. The van der Waals surface area contributed by atoms with Crippen LogP contribution in [0.25, 0.3) is 0 Å². The van der Waals surface area contributed by atoms with Crippen LogP contribution in [0, 0.1) is 18.8 Å². The number of ether oxygens (including phenoxy) is 2. The Bertz CT molecular complexity index is 419. The Kier molecular flexibility index (Phi) is 3.97. The molecule has 0 radical (unpaired) electrons. The molecule has 0 saturated heterocycles. The lowest BCUT2D eigenvalue weighted by Crippen LogP contribution is -2.27. The lowest BCUT2D eigenvalue weighted by Gasteiger charge is -2.20. The lowest BCUT2D eigenvalue weighted by molar-refractivity contribution is 0.174. The van der Waals surface area contributed by atoms with E-state index in [1.54, 1.807) is 0 Å². The maximum Gasteiger partial charge on any atom is 0.231 e. The minimum Gasteiger partial charge on any atom is -0.454 e. The summed E-state index contributed by atoms with van der Waals surface area (Å²) < 4.78 is 10.7. The van der Waals surface area contributed by atoms with Gasteiger partial charge in [0.1, 0.15) is 0 Å². The number of hydrogen-bond acceptors (Lipinski definition) is 4. The summed E-state index contributed by atoms with van der Waals surface area (Å²) in [7, 11) is 0. The van der Waals surface area contributed by atoms with Gasteiger partial charge in [0.05, 0.1) is 0 Å². The molecule has 1 heterocycles. The number of nitrogens with one attached hydrogen (secondary N) is 1. The fourth-order valence-electron chi connectivity index (χ4n) is 2.07. The molecule has 0 amide bonds. The third-order valence-electron chi connectivity index (χ3n) is 3.52. The molecule has 0 fully saturated rings. The van der Waals surface area contributed by atoms with Crippen molar-refractivity contribution in [1.82, 2.24) is 0 Å². The minimum absolute atomic E-state index is 0.315. The van der Waals surface area contributed by atoms with Crippen LogP contribution in [0.1, 0.15) is 19.4 Å². The molecule has 0 saturated carbocycles. The summed E-state index contributed by atoms with van der Waals surface area (Å²) in [6, 6.07) is 4.02. The van der Waals surface area contributed by atoms with Crippen molar-refractivity contribution < 1.29 is 9.47 Å². The second kappa shape index (κ2) is 5.48. The van der Waals surface area contributed by atoms with Gasteiger partial charge >= 0.3 is 0 Å². The minimum atomic E-state index is 0.315. The summed E-state index contributed by atoms with van der Waals surface area (Å²) in [6.07, 6.45) is 0. The van der Waals surface area contributed by atoms with E-state index in [1.807, 2.05) is 12.1 Å². The third kappa shape index (κ3) is 2.70. The number of hydrogen-bond donors (Lipinski definition) is 2. The highest BCUT2D eigenvalue weighted by molar-refractivity contribution is 5.60. The molecule has 3 N–H and O–H groups in total. The van der Waals surface area contributed by atoms with Gasteiger partial charge in [-0.25, -0.2) is 0 Å². The number of fused-ring (bicyclic) bond motifs is 1. The van der Waals surface area contributed by atoms with E-state index in [2.05, 4.69) is 26.1 Å². The number of benzene rings is 1. The van der Waals surface area contributed by atoms with Crippen molar-refractivity contribution >= 4 is 5.69 Å². The molecule has 100 valence electrons. The van der Waals surface area contributed by atoms with E-state index in [0.29, 0.717) is 25.2 Å². The average Bonchev–Trinajstić information content (AvgIpc) is 2.76. The number of rotatable bonds is 5. The zero-order valence-electron chi connectivity index (χ0n) is 11.3. The molecule has 1 aliphatic heterocycles. The maximum atomic E-state index is 5.78. The standard InChI is InChI=1S/C14H22N2O2/c1-9(2)11(6-15)7-16-12-5-14-13(4-10(12)3)17-8-18-14/h4-5,9,11,16H,6-8,15H2,1-3H3. The summed E-state index contributed by atoms with van der Waals surface area (Å²) in [5, 5.41) is 3.46. The van der Waals surface area contributed by atoms with Gasteiger partial charge in [0.15, 0.2) is 11.5 Å². The zero-order chi connectivity index (χ0) is 13.1. The van der Waals surface area contributed by atoms with E-state index in [4.69, 9.17) is 15.2 Å². The topological polar surface area (TPSA) is 56.5 Å². The van der Waals surface area contributed by atoms with Crippen LogP contribution < -0.4 is 20.5 Å². The monoisotopic (exact) mass is 250 g/mol. The predicted octanol–water partition coefficient (Wildman–Crippen LogP) is 2.37. The largest absolute Gasteiger partial charge is 0.454 e. The molecular weight excluding hydrogens is 228 g/mol. The van der Waals surface area contributed by atoms with Crippen LogP contribution in [-0.2, 0) is 0 Å². The lowest BCUT2D eigenvalue weighted by atomic mass is 9.96. The highest BCUT2D eigenvalue weighted by atomic mass is 16.7. The van der Waals surface area contributed by atoms with Gasteiger partial charge in [0.25, 0.3) is 0 Å². The first-order chi connectivity index (χ1) is 8.61. The molecule has 1 aromatic carbocycles. The van der Waals surface area contributed by atoms with Crippen LogP contribution in [0.15, 0.2) is 12.1 Å². The summed E-state index contributed by atoms with van der Waals surface area (Å²) in [5.74, 6) is 2.71. The Morgan fingerprint density at radius 3 is 2.56 bits per heavy atom. The Hall–Kier alpha value is -1.42. The van der Waals surface area contributed by atoms with Crippen molar-refractivity contribution in [3.63, 3.8) is 0 Å². The first kappa shape index (κ1) is 13.0. The van der Waals surface area contributed by atoms with Crippen LogP contribution in [0.4, 0.5) is 5.69 Å². The quantitative estimate of drug-likeness (QED) is 0.842. The molecule has 0 aromatic heterocycles. The molecule has 4 nitrogen and oxygen atoms in total. The average molecular weight is 250 g/mol. The van der Waals surface area contributed by atoms with Gasteiger partial charge in [-0.15, -0.1) is 0 Å². The molecule has 2 rings (SSSR count). The molecule has 0 aliphatic carbocycles. The molecule has 0 bridgehead atoms. The van der Waals surface area contributed by atoms with Gasteiger partial charge in [0.2, 0.25) is 6.79 Å². The van der Waals surface area contributed by atoms with Crippen LogP contribution in [-0.4, -0.2) is 19.9 Å². The molecule has 18 heavy (non-hydrogen) atoms. The van der Waals surface area contributed by atoms with E-state index in [0.717, 1.165) is 23.7 Å². The van der Waals surface area contributed by atoms with Gasteiger partial charge in [-0.05, 0) is 36.9 Å². The van der Waals surface area contributed by atoms with Gasteiger partial charge in [0, 0.05) is 18.3 Å². The van der Waals surface area contributed by atoms with Gasteiger partial charge in [-0.3, -0.25) is 0 Å². The highest BCUT2D eigenvalue weighted by Gasteiger charge is 2.17. The Labute approximate surface area is 108 Å². The third-order valence-corrected chi connectivity index (χ3v) is 3.52. The van der Waals surface area contributed by atoms with Gasteiger partial charge < -0.3 is 20.5 Å². The second-order valence-corrected chi connectivity index (χ2v) is 5.14. The predicted molar refractivity (Wildman–Crippen MR) is 73.2 cm³/mol. The highest BCUT2D eigenvalue weighted by Crippen LogP contribution is 2.36. The normalized spacial score (nSPS) is 14.9. The molecule has 1 atom stereocenters. The van der Waals surface area contributed by atoms with E-state index in [-0.39, 0.29) is 0 Å². The first-order valence-corrected chi connectivity index (χ1v) is 6.46. The van der Waals surface area contributed by atoms with E-state index < -0.39 is 0 Å². The molecule has 0 spiro atoms. The van der Waals surface area contributed by atoms with Crippen molar-refractivity contribution in [3.05, 3.63) is 17.7 Å². The van der Waals surface area contributed by atoms with Crippen molar-refractivity contribution in [1.29, 1.82) is 0 Å². The fraction of sp³-hybridized carbons (Fsp3) is 0.571. The van der Waals surface area contributed by atoms with Gasteiger partial charge in [-0.2, -0.15) is 0 Å².